The maximum Gasteiger partial charge on any atom is 0.243 e. The third kappa shape index (κ3) is 3.67. The molecule has 1 saturated carbocycles. The summed E-state index contributed by atoms with van der Waals surface area (Å²) in [5.74, 6) is 0.341. The molecular formula is C26H36N4O2. The van der Waals surface area contributed by atoms with E-state index in [0.29, 0.717) is 11.9 Å². The minimum absolute atomic E-state index is 0.185. The van der Waals surface area contributed by atoms with Crippen molar-refractivity contribution in [3.8, 4) is 5.69 Å². The Morgan fingerprint density at radius 3 is 2.44 bits per heavy atom. The smallest absolute Gasteiger partial charge is 0.243 e. The normalized spacial score (nSPS) is 29.2. The number of carbonyl (C=O) groups excluding carboxylic acids is 1. The average Bonchev–Trinajstić information content (AvgIpc) is 3.33. The van der Waals surface area contributed by atoms with Crippen LogP contribution in [0.4, 0.5) is 0 Å². The first-order valence-corrected chi connectivity index (χ1v) is 12.3. The van der Waals surface area contributed by atoms with Crippen molar-refractivity contribution in [2.75, 3.05) is 13.1 Å². The molecule has 0 bridgehead atoms. The number of hydrogen-bond acceptors (Lipinski definition) is 4. The predicted molar refractivity (Wildman–Crippen MR) is 125 cm³/mol. The number of aliphatic hydroxyl groups is 1. The van der Waals surface area contributed by atoms with Crippen molar-refractivity contribution < 1.29 is 9.90 Å². The largest absolute Gasteiger partial charge is 0.393 e. The van der Waals surface area contributed by atoms with Gasteiger partial charge in [-0.1, -0.05) is 18.2 Å². The molecule has 172 valence electrons. The topological polar surface area (TPSA) is 61.6 Å². The van der Waals surface area contributed by atoms with Gasteiger partial charge in [0.15, 0.2) is 0 Å². The lowest BCUT2D eigenvalue weighted by molar-refractivity contribution is -0.152. The highest BCUT2D eigenvalue weighted by atomic mass is 16.3. The quantitative estimate of drug-likeness (QED) is 0.793. The molecule has 1 spiro atoms. The standard InChI is InChI=1S/C26H36N4O2/c1-19-24(20(2)30(27-19)22-8-4-3-5-9-22)18-28-16-6-14-26(28)15-7-17-29(25(26)32)21-10-12-23(31)13-11-21/h3-5,8-9,21,23,31H,6-7,10-18H2,1-2H3. The van der Waals surface area contributed by atoms with Gasteiger partial charge < -0.3 is 10.0 Å². The van der Waals surface area contributed by atoms with Crippen molar-refractivity contribution in [1.29, 1.82) is 0 Å². The lowest BCUT2D eigenvalue weighted by Crippen LogP contribution is -2.62. The fourth-order valence-corrected chi connectivity index (χ4v) is 6.34. The molecular weight excluding hydrogens is 400 g/mol. The Morgan fingerprint density at radius 2 is 1.72 bits per heavy atom. The molecule has 6 nitrogen and oxygen atoms in total. The van der Waals surface area contributed by atoms with Crippen LogP contribution in [0.2, 0.25) is 0 Å². The highest BCUT2D eigenvalue weighted by molar-refractivity contribution is 5.88. The molecule has 2 saturated heterocycles. The molecule has 0 radical (unpaired) electrons. The molecule has 1 N–H and O–H groups in total. The van der Waals surface area contributed by atoms with Crippen LogP contribution in [0.3, 0.4) is 0 Å². The summed E-state index contributed by atoms with van der Waals surface area (Å²) < 4.78 is 2.04. The zero-order chi connectivity index (χ0) is 22.3. The molecule has 1 unspecified atom stereocenters. The SMILES string of the molecule is Cc1nn(-c2ccccc2)c(C)c1CN1CCCC12CCCN(C1CCC(O)CC1)C2=O. The number of rotatable bonds is 4. The first-order chi connectivity index (χ1) is 15.5. The zero-order valence-corrected chi connectivity index (χ0v) is 19.5. The summed E-state index contributed by atoms with van der Waals surface area (Å²) in [6.45, 7) is 6.87. The molecule has 1 aromatic carbocycles. The number of amides is 1. The molecule has 3 aliphatic rings. The summed E-state index contributed by atoms with van der Waals surface area (Å²) in [5.41, 5.74) is 4.19. The van der Waals surface area contributed by atoms with Crippen molar-refractivity contribution in [3.05, 3.63) is 47.3 Å². The van der Waals surface area contributed by atoms with Gasteiger partial charge in [-0.25, -0.2) is 4.68 Å². The van der Waals surface area contributed by atoms with Crippen LogP contribution in [0, 0.1) is 13.8 Å². The van der Waals surface area contributed by atoms with E-state index in [9.17, 15) is 9.90 Å². The van der Waals surface area contributed by atoms with Crippen molar-refractivity contribution in [1.82, 2.24) is 19.6 Å². The van der Waals surface area contributed by atoms with Crippen LogP contribution in [0.25, 0.3) is 5.69 Å². The Hall–Kier alpha value is -2.18. The Labute approximate surface area is 191 Å². The van der Waals surface area contributed by atoms with Crippen LogP contribution in [0.1, 0.15) is 68.3 Å². The second kappa shape index (κ2) is 8.64. The molecule has 1 aliphatic carbocycles. The van der Waals surface area contributed by atoms with E-state index in [1.54, 1.807) is 0 Å². The number of aryl methyl sites for hydroxylation is 1. The van der Waals surface area contributed by atoms with Crippen molar-refractivity contribution in [3.63, 3.8) is 0 Å². The van der Waals surface area contributed by atoms with E-state index in [1.165, 1.54) is 5.56 Å². The molecule has 3 heterocycles. The Balaban J connectivity index is 1.39. The number of hydrogen-bond donors (Lipinski definition) is 1. The third-order valence-corrected chi connectivity index (χ3v) is 8.17. The van der Waals surface area contributed by atoms with Gasteiger partial charge in [0.25, 0.3) is 0 Å². The van der Waals surface area contributed by atoms with Crippen LogP contribution in [-0.2, 0) is 11.3 Å². The number of nitrogens with zero attached hydrogens (tertiary/aromatic N) is 4. The summed E-state index contributed by atoms with van der Waals surface area (Å²) in [6, 6.07) is 10.6. The van der Waals surface area contributed by atoms with E-state index in [-0.39, 0.29) is 11.6 Å². The monoisotopic (exact) mass is 436 g/mol. The van der Waals surface area contributed by atoms with Gasteiger partial charge in [0.2, 0.25) is 5.91 Å². The van der Waals surface area contributed by atoms with E-state index < -0.39 is 0 Å². The van der Waals surface area contributed by atoms with Crippen molar-refractivity contribution in [2.24, 2.45) is 0 Å². The molecule has 1 atom stereocenters. The number of aromatic nitrogens is 2. The van der Waals surface area contributed by atoms with E-state index >= 15 is 0 Å². The number of likely N-dealkylation sites (tertiary alicyclic amines) is 2. The van der Waals surface area contributed by atoms with Crippen LogP contribution in [0.5, 0.6) is 0 Å². The van der Waals surface area contributed by atoms with Gasteiger partial charge in [0.05, 0.1) is 17.5 Å². The molecule has 2 aromatic rings. The third-order valence-electron chi connectivity index (χ3n) is 8.17. The number of benzene rings is 1. The van der Waals surface area contributed by atoms with E-state index in [1.807, 2.05) is 22.9 Å². The van der Waals surface area contributed by atoms with E-state index in [2.05, 4.69) is 35.8 Å². The van der Waals surface area contributed by atoms with E-state index in [4.69, 9.17) is 5.10 Å². The summed E-state index contributed by atoms with van der Waals surface area (Å²) in [4.78, 5) is 18.6. The van der Waals surface area contributed by atoms with Crippen LogP contribution >= 0.6 is 0 Å². The highest BCUT2D eigenvalue weighted by Crippen LogP contribution is 2.41. The summed E-state index contributed by atoms with van der Waals surface area (Å²) in [7, 11) is 0. The molecule has 5 rings (SSSR count). The van der Waals surface area contributed by atoms with Gasteiger partial charge in [0.1, 0.15) is 5.54 Å². The Kier molecular flexibility index (Phi) is 5.84. The van der Waals surface area contributed by atoms with Crippen LogP contribution < -0.4 is 0 Å². The first-order valence-electron chi connectivity index (χ1n) is 12.3. The second-order valence-corrected chi connectivity index (χ2v) is 10.0. The van der Waals surface area contributed by atoms with Gasteiger partial charge in [-0.15, -0.1) is 0 Å². The van der Waals surface area contributed by atoms with E-state index in [0.717, 1.165) is 88.1 Å². The maximum atomic E-state index is 13.9. The molecule has 2 aliphatic heterocycles. The fraction of sp³-hybridized carbons (Fsp3) is 0.615. The molecule has 1 amide bonds. The minimum atomic E-state index is -0.359. The lowest BCUT2D eigenvalue weighted by atomic mass is 9.82. The first kappa shape index (κ1) is 21.7. The highest BCUT2D eigenvalue weighted by Gasteiger charge is 2.52. The predicted octanol–water partition coefficient (Wildman–Crippen LogP) is 3.75. The molecule has 1 aromatic heterocycles. The van der Waals surface area contributed by atoms with Gasteiger partial charge in [-0.2, -0.15) is 5.10 Å². The Bertz CT molecular complexity index is 964. The van der Waals surface area contributed by atoms with Gasteiger partial charge >= 0.3 is 0 Å². The van der Waals surface area contributed by atoms with Gasteiger partial charge in [-0.05, 0) is 83.9 Å². The average molecular weight is 437 g/mol. The van der Waals surface area contributed by atoms with Crippen molar-refractivity contribution >= 4 is 5.91 Å². The summed E-state index contributed by atoms with van der Waals surface area (Å²) in [5, 5.41) is 14.8. The summed E-state index contributed by atoms with van der Waals surface area (Å²) >= 11 is 0. The molecule has 6 heteroatoms. The maximum absolute atomic E-state index is 13.9. The number of carbonyl (C=O) groups is 1. The number of aliphatic hydroxyl groups excluding tert-OH is 1. The zero-order valence-electron chi connectivity index (χ0n) is 19.5. The minimum Gasteiger partial charge on any atom is -0.393 e. The summed E-state index contributed by atoms with van der Waals surface area (Å²) in [6.07, 6.45) is 7.40. The molecule has 32 heavy (non-hydrogen) atoms. The van der Waals surface area contributed by atoms with Crippen molar-refractivity contribution in [2.45, 2.75) is 89.4 Å². The lowest BCUT2D eigenvalue weighted by Gasteiger charge is -2.48. The second-order valence-electron chi connectivity index (χ2n) is 10.0. The van der Waals surface area contributed by atoms with Gasteiger partial charge in [-0.3, -0.25) is 9.69 Å². The molecule has 3 fully saturated rings. The fourth-order valence-electron chi connectivity index (χ4n) is 6.34. The van der Waals surface area contributed by atoms with Gasteiger partial charge in [0, 0.05) is 30.4 Å². The van der Waals surface area contributed by atoms with Crippen LogP contribution in [0.15, 0.2) is 30.3 Å². The number of piperidine rings is 1. The Morgan fingerprint density at radius 1 is 1.03 bits per heavy atom. The van der Waals surface area contributed by atoms with Crippen LogP contribution in [-0.4, -0.2) is 61.4 Å². The number of para-hydroxylation sites is 1.